The van der Waals surface area contributed by atoms with E-state index in [1.807, 2.05) is 30.3 Å². The first-order valence-corrected chi connectivity index (χ1v) is 5.38. The fraction of sp³-hybridized carbons (Fsp3) is 0.500. The van der Waals surface area contributed by atoms with Crippen molar-refractivity contribution < 1.29 is 17.9 Å². The summed E-state index contributed by atoms with van der Waals surface area (Å²) in [5.74, 6) is -1.60. The zero-order valence-corrected chi connectivity index (χ0v) is 9.58. The van der Waals surface area contributed by atoms with Gasteiger partial charge in [0.25, 0.3) is 0 Å². The van der Waals surface area contributed by atoms with Crippen molar-refractivity contribution in [1.82, 2.24) is 0 Å². The standard InChI is InChI=1S/C12H16F3NO/c1-9(10-5-3-2-4-6-10)17-8-11(7-16)12(13,14)15/h2-6,9,11H,7-8,16H2,1H3. The fourth-order valence-corrected chi connectivity index (χ4v) is 1.38. The molecule has 2 N–H and O–H groups in total. The van der Waals surface area contributed by atoms with Crippen molar-refractivity contribution in [3.8, 4) is 0 Å². The minimum Gasteiger partial charge on any atom is -0.373 e. The number of rotatable bonds is 5. The summed E-state index contributed by atoms with van der Waals surface area (Å²) >= 11 is 0. The molecule has 0 aliphatic heterocycles. The van der Waals surface area contributed by atoms with Crippen LogP contribution in [0.5, 0.6) is 0 Å². The molecule has 0 amide bonds. The summed E-state index contributed by atoms with van der Waals surface area (Å²) in [4.78, 5) is 0. The van der Waals surface area contributed by atoms with Gasteiger partial charge in [0.2, 0.25) is 0 Å². The summed E-state index contributed by atoms with van der Waals surface area (Å²) in [6.45, 7) is 0.861. The second-order valence-corrected chi connectivity index (χ2v) is 3.86. The first-order valence-electron chi connectivity index (χ1n) is 5.38. The molecular weight excluding hydrogens is 231 g/mol. The van der Waals surface area contributed by atoms with Crippen LogP contribution in [0.1, 0.15) is 18.6 Å². The molecule has 2 unspecified atom stereocenters. The molecule has 1 rings (SSSR count). The van der Waals surface area contributed by atoms with Crippen molar-refractivity contribution in [2.75, 3.05) is 13.2 Å². The summed E-state index contributed by atoms with van der Waals surface area (Å²) < 4.78 is 42.4. The number of halogens is 3. The number of hydrogen-bond acceptors (Lipinski definition) is 2. The van der Waals surface area contributed by atoms with Crippen LogP contribution in [0.3, 0.4) is 0 Å². The van der Waals surface area contributed by atoms with Gasteiger partial charge in [0.15, 0.2) is 0 Å². The van der Waals surface area contributed by atoms with Crippen molar-refractivity contribution in [1.29, 1.82) is 0 Å². The molecule has 17 heavy (non-hydrogen) atoms. The van der Waals surface area contributed by atoms with Gasteiger partial charge in [0, 0.05) is 6.54 Å². The van der Waals surface area contributed by atoms with E-state index in [-0.39, 0.29) is 6.10 Å². The van der Waals surface area contributed by atoms with Gasteiger partial charge in [-0.2, -0.15) is 13.2 Å². The molecule has 0 heterocycles. The second kappa shape index (κ2) is 6.02. The summed E-state index contributed by atoms with van der Waals surface area (Å²) in [6, 6.07) is 9.11. The van der Waals surface area contributed by atoms with Crippen molar-refractivity contribution >= 4 is 0 Å². The predicted octanol–water partition coefficient (Wildman–Crippen LogP) is 2.90. The Labute approximate surface area is 98.6 Å². The Bertz CT molecular complexity index is 326. The van der Waals surface area contributed by atoms with Crippen LogP contribution in [-0.2, 0) is 4.74 Å². The Morgan fingerprint density at radius 1 is 1.24 bits per heavy atom. The van der Waals surface area contributed by atoms with Gasteiger partial charge in [-0.25, -0.2) is 0 Å². The van der Waals surface area contributed by atoms with Crippen LogP contribution in [0.15, 0.2) is 30.3 Å². The van der Waals surface area contributed by atoms with Gasteiger partial charge in [-0.15, -0.1) is 0 Å². The monoisotopic (exact) mass is 247 g/mol. The summed E-state index contributed by atoms with van der Waals surface area (Å²) in [5, 5.41) is 0. The molecule has 0 saturated carbocycles. The quantitative estimate of drug-likeness (QED) is 0.868. The summed E-state index contributed by atoms with van der Waals surface area (Å²) in [6.07, 6.45) is -4.67. The van der Waals surface area contributed by atoms with E-state index in [4.69, 9.17) is 10.5 Å². The third kappa shape index (κ3) is 4.36. The zero-order valence-electron chi connectivity index (χ0n) is 9.58. The molecule has 0 aromatic heterocycles. The largest absolute Gasteiger partial charge is 0.395 e. The molecule has 1 aromatic carbocycles. The molecule has 0 bridgehead atoms. The molecule has 5 heteroatoms. The molecule has 0 aliphatic carbocycles. The van der Waals surface area contributed by atoms with E-state index in [0.717, 1.165) is 5.56 Å². The average molecular weight is 247 g/mol. The average Bonchev–Trinajstić information content (AvgIpc) is 2.29. The van der Waals surface area contributed by atoms with Gasteiger partial charge in [-0.1, -0.05) is 30.3 Å². The van der Waals surface area contributed by atoms with Crippen LogP contribution in [0.2, 0.25) is 0 Å². The van der Waals surface area contributed by atoms with Crippen LogP contribution in [-0.4, -0.2) is 19.3 Å². The maximum Gasteiger partial charge on any atom is 0.395 e. The Balaban J connectivity index is 2.50. The van der Waals surface area contributed by atoms with E-state index >= 15 is 0 Å². The topological polar surface area (TPSA) is 35.2 Å². The number of benzene rings is 1. The van der Waals surface area contributed by atoms with Crippen LogP contribution in [0, 0.1) is 5.92 Å². The summed E-state index contributed by atoms with van der Waals surface area (Å²) in [7, 11) is 0. The van der Waals surface area contributed by atoms with Gasteiger partial charge in [-0.3, -0.25) is 0 Å². The number of alkyl halides is 3. The molecule has 96 valence electrons. The van der Waals surface area contributed by atoms with Gasteiger partial charge in [0.1, 0.15) is 0 Å². The van der Waals surface area contributed by atoms with Gasteiger partial charge < -0.3 is 10.5 Å². The molecule has 1 aromatic rings. The van der Waals surface area contributed by atoms with Crippen molar-refractivity contribution in [2.45, 2.75) is 19.2 Å². The number of hydrogen-bond donors (Lipinski definition) is 1. The SMILES string of the molecule is CC(OCC(CN)C(F)(F)F)c1ccccc1. The number of nitrogens with two attached hydrogens (primary N) is 1. The summed E-state index contributed by atoms with van der Waals surface area (Å²) in [5.41, 5.74) is 5.94. The van der Waals surface area contributed by atoms with Crippen LogP contribution < -0.4 is 5.73 Å². The molecule has 0 spiro atoms. The predicted molar refractivity (Wildman–Crippen MR) is 59.4 cm³/mol. The van der Waals surface area contributed by atoms with Crippen LogP contribution >= 0.6 is 0 Å². The smallest absolute Gasteiger partial charge is 0.373 e. The minimum absolute atomic E-state index is 0.368. The Morgan fingerprint density at radius 2 is 1.82 bits per heavy atom. The first kappa shape index (κ1) is 14.0. The highest BCUT2D eigenvalue weighted by molar-refractivity contribution is 5.16. The molecular formula is C12H16F3NO. The maximum atomic E-state index is 12.4. The highest BCUT2D eigenvalue weighted by Gasteiger charge is 2.38. The van der Waals surface area contributed by atoms with E-state index in [9.17, 15) is 13.2 Å². The van der Waals surface area contributed by atoms with Crippen LogP contribution in [0.4, 0.5) is 13.2 Å². The van der Waals surface area contributed by atoms with Gasteiger partial charge in [-0.05, 0) is 12.5 Å². The van der Waals surface area contributed by atoms with E-state index in [0.29, 0.717) is 0 Å². The Hall–Kier alpha value is -1.07. The molecule has 0 radical (unpaired) electrons. The van der Waals surface area contributed by atoms with E-state index in [1.54, 1.807) is 6.92 Å². The normalized spacial score (nSPS) is 15.6. The van der Waals surface area contributed by atoms with Gasteiger partial charge >= 0.3 is 6.18 Å². The van der Waals surface area contributed by atoms with Gasteiger partial charge in [0.05, 0.1) is 18.6 Å². The highest BCUT2D eigenvalue weighted by Crippen LogP contribution is 2.27. The van der Waals surface area contributed by atoms with Crippen molar-refractivity contribution in [3.63, 3.8) is 0 Å². The van der Waals surface area contributed by atoms with Crippen LogP contribution in [0.25, 0.3) is 0 Å². The lowest BCUT2D eigenvalue weighted by Gasteiger charge is -2.21. The molecule has 2 atom stereocenters. The zero-order chi connectivity index (χ0) is 12.9. The minimum atomic E-state index is -4.30. The lowest BCUT2D eigenvalue weighted by Crippen LogP contribution is -2.34. The van der Waals surface area contributed by atoms with E-state index in [2.05, 4.69) is 0 Å². The highest BCUT2D eigenvalue weighted by atomic mass is 19.4. The second-order valence-electron chi connectivity index (χ2n) is 3.86. The molecule has 0 fully saturated rings. The van der Waals surface area contributed by atoms with Crippen molar-refractivity contribution in [2.24, 2.45) is 11.7 Å². The van der Waals surface area contributed by atoms with E-state index < -0.39 is 25.2 Å². The third-order valence-electron chi connectivity index (χ3n) is 2.56. The fourth-order valence-electron chi connectivity index (χ4n) is 1.38. The lowest BCUT2D eigenvalue weighted by molar-refractivity contribution is -0.188. The van der Waals surface area contributed by atoms with Crippen molar-refractivity contribution in [3.05, 3.63) is 35.9 Å². The Kier molecular flexibility index (Phi) is 4.96. The lowest BCUT2D eigenvalue weighted by atomic mass is 10.1. The molecule has 2 nitrogen and oxygen atoms in total. The maximum absolute atomic E-state index is 12.4. The third-order valence-corrected chi connectivity index (χ3v) is 2.56. The Morgan fingerprint density at radius 3 is 2.29 bits per heavy atom. The van der Waals surface area contributed by atoms with E-state index in [1.165, 1.54) is 0 Å². The number of ether oxygens (including phenoxy) is 1. The molecule has 0 saturated heterocycles. The first-order chi connectivity index (χ1) is 7.95. The molecule has 0 aliphatic rings.